The highest BCUT2D eigenvalue weighted by Gasteiger charge is 2.27. The second-order valence-corrected chi connectivity index (χ2v) is 6.88. The number of aryl methyl sites for hydroxylation is 1. The van der Waals surface area contributed by atoms with Gasteiger partial charge in [-0.05, 0) is 50.3 Å². The number of rotatable bonds is 9. The number of hydrogen-bond donors (Lipinski definition) is 2. The summed E-state index contributed by atoms with van der Waals surface area (Å²) in [6.07, 6.45) is 3.86. The molecular formula is C20H32ClN3O3. The van der Waals surface area contributed by atoms with Crippen LogP contribution in [-0.4, -0.2) is 49.5 Å². The Kier molecular flexibility index (Phi) is 10.8. The molecule has 6 nitrogen and oxygen atoms in total. The Balaban J connectivity index is 0.00000364. The minimum atomic E-state index is -0.107. The van der Waals surface area contributed by atoms with Crippen LogP contribution in [0, 0.1) is 12.8 Å². The summed E-state index contributed by atoms with van der Waals surface area (Å²) in [6, 6.07) is 7.97. The molecule has 1 aromatic carbocycles. The molecule has 2 rings (SSSR count). The van der Waals surface area contributed by atoms with Gasteiger partial charge < -0.3 is 20.7 Å². The van der Waals surface area contributed by atoms with Gasteiger partial charge in [0.2, 0.25) is 11.8 Å². The zero-order valence-corrected chi connectivity index (χ0v) is 16.9. The van der Waals surface area contributed by atoms with Crippen molar-refractivity contribution < 1.29 is 14.3 Å². The molecule has 1 unspecified atom stereocenters. The van der Waals surface area contributed by atoms with Gasteiger partial charge in [-0.2, -0.15) is 0 Å². The molecule has 0 saturated carbocycles. The van der Waals surface area contributed by atoms with E-state index >= 15 is 0 Å². The second kappa shape index (κ2) is 12.6. The van der Waals surface area contributed by atoms with E-state index in [1.165, 1.54) is 5.56 Å². The molecule has 7 heteroatoms. The molecule has 3 N–H and O–H groups in total. The van der Waals surface area contributed by atoms with Gasteiger partial charge in [-0.25, -0.2) is 0 Å². The van der Waals surface area contributed by atoms with Crippen molar-refractivity contribution in [1.29, 1.82) is 0 Å². The minimum absolute atomic E-state index is 0. The molecule has 1 heterocycles. The first-order valence-corrected chi connectivity index (χ1v) is 9.55. The molecule has 1 saturated heterocycles. The summed E-state index contributed by atoms with van der Waals surface area (Å²) in [4.78, 5) is 26.3. The van der Waals surface area contributed by atoms with Crippen molar-refractivity contribution in [1.82, 2.24) is 10.2 Å². The van der Waals surface area contributed by atoms with Crippen molar-refractivity contribution in [3.05, 3.63) is 29.8 Å². The number of unbranched alkanes of at least 4 members (excludes halogenated alkanes) is 1. The molecule has 0 aliphatic carbocycles. The van der Waals surface area contributed by atoms with Gasteiger partial charge in [0.05, 0.1) is 12.5 Å². The smallest absolute Gasteiger partial charge is 0.224 e. The molecule has 1 aliphatic heterocycles. The summed E-state index contributed by atoms with van der Waals surface area (Å²) in [6.45, 7) is 4.85. The maximum atomic E-state index is 12.4. The molecule has 0 bridgehead atoms. The Morgan fingerprint density at radius 1 is 1.33 bits per heavy atom. The Labute approximate surface area is 168 Å². The third-order valence-corrected chi connectivity index (χ3v) is 4.63. The van der Waals surface area contributed by atoms with Crippen LogP contribution < -0.4 is 15.8 Å². The van der Waals surface area contributed by atoms with Crippen molar-refractivity contribution >= 4 is 24.2 Å². The number of nitrogens with two attached hydrogens (primary N) is 1. The van der Waals surface area contributed by atoms with E-state index in [0.717, 1.165) is 38.0 Å². The molecule has 2 amide bonds. The molecule has 152 valence electrons. The Morgan fingerprint density at radius 3 is 2.89 bits per heavy atom. The van der Waals surface area contributed by atoms with E-state index < -0.39 is 0 Å². The fraction of sp³-hybridized carbons (Fsp3) is 0.600. The van der Waals surface area contributed by atoms with E-state index in [1.54, 1.807) is 0 Å². The topological polar surface area (TPSA) is 84.7 Å². The van der Waals surface area contributed by atoms with Crippen LogP contribution in [0.5, 0.6) is 5.75 Å². The lowest BCUT2D eigenvalue weighted by Crippen LogP contribution is -2.46. The van der Waals surface area contributed by atoms with E-state index in [4.69, 9.17) is 10.5 Å². The maximum absolute atomic E-state index is 12.4. The predicted octanol–water partition coefficient (Wildman–Crippen LogP) is 2.28. The normalized spacial score (nSPS) is 16.4. The molecule has 27 heavy (non-hydrogen) atoms. The summed E-state index contributed by atoms with van der Waals surface area (Å²) in [5, 5.41) is 2.82. The number of benzene rings is 1. The third kappa shape index (κ3) is 8.18. The van der Waals surface area contributed by atoms with Crippen LogP contribution in [0.1, 0.15) is 37.7 Å². The third-order valence-electron chi connectivity index (χ3n) is 4.63. The molecule has 0 radical (unpaired) electrons. The van der Waals surface area contributed by atoms with Crippen molar-refractivity contribution in [2.24, 2.45) is 11.7 Å². The molecular weight excluding hydrogens is 366 g/mol. The number of nitrogens with zero attached hydrogens (tertiary/aromatic N) is 1. The van der Waals surface area contributed by atoms with Gasteiger partial charge in [0.25, 0.3) is 0 Å². The van der Waals surface area contributed by atoms with Crippen molar-refractivity contribution in [3.63, 3.8) is 0 Å². The number of carbonyl (C=O) groups excluding carboxylic acids is 2. The van der Waals surface area contributed by atoms with Gasteiger partial charge in [0.15, 0.2) is 0 Å². The van der Waals surface area contributed by atoms with Crippen LogP contribution in [0.15, 0.2) is 24.3 Å². The Hall–Kier alpha value is -1.79. The zero-order chi connectivity index (χ0) is 18.8. The van der Waals surface area contributed by atoms with Gasteiger partial charge in [0, 0.05) is 32.6 Å². The summed E-state index contributed by atoms with van der Waals surface area (Å²) >= 11 is 0. The Bertz CT molecular complexity index is 598. The lowest BCUT2D eigenvalue weighted by atomic mass is 9.96. The summed E-state index contributed by atoms with van der Waals surface area (Å²) in [7, 11) is 0. The lowest BCUT2D eigenvalue weighted by molar-refractivity contribution is -0.135. The number of likely N-dealkylation sites (tertiary alicyclic amines) is 1. The van der Waals surface area contributed by atoms with E-state index in [1.807, 2.05) is 36.1 Å². The molecule has 1 fully saturated rings. The van der Waals surface area contributed by atoms with E-state index in [0.29, 0.717) is 32.7 Å². The minimum Gasteiger partial charge on any atom is -0.494 e. The van der Waals surface area contributed by atoms with Crippen LogP contribution in [-0.2, 0) is 9.59 Å². The van der Waals surface area contributed by atoms with E-state index in [-0.39, 0.29) is 30.1 Å². The summed E-state index contributed by atoms with van der Waals surface area (Å²) < 4.78 is 5.71. The van der Waals surface area contributed by atoms with Crippen molar-refractivity contribution in [2.75, 3.05) is 32.8 Å². The second-order valence-electron chi connectivity index (χ2n) is 6.88. The molecule has 1 aromatic rings. The molecule has 0 spiro atoms. The lowest BCUT2D eigenvalue weighted by Gasteiger charge is -2.32. The molecule has 1 atom stereocenters. The first-order chi connectivity index (χ1) is 12.6. The summed E-state index contributed by atoms with van der Waals surface area (Å²) in [5.41, 5.74) is 6.59. The number of hydrogen-bond acceptors (Lipinski definition) is 4. The van der Waals surface area contributed by atoms with Gasteiger partial charge in [-0.15, -0.1) is 12.4 Å². The van der Waals surface area contributed by atoms with Gasteiger partial charge in [-0.3, -0.25) is 9.59 Å². The maximum Gasteiger partial charge on any atom is 0.224 e. The van der Waals surface area contributed by atoms with E-state index in [9.17, 15) is 9.59 Å². The highest BCUT2D eigenvalue weighted by atomic mass is 35.5. The molecule has 0 aromatic heterocycles. The average Bonchev–Trinajstić information content (AvgIpc) is 2.65. The average molecular weight is 398 g/mol. The van der Waals surface area contributed by atoms with Crippen LogP contribution in [0.4, 0.5) is 0 Å². The van der Waals surface area contributed by atoms with Crippen LogP contribution in [0.3, 0.4) is 0 Å². The predicted molar refractivity (Wildman–Crippen MR) is 109 cm³/mol. The van der Waals surface area contributed by atoms with Gasteiger partial charge in [-0.1, -0.05) is 12.1 Å². The fourth-order valence-corrected chi connectivity index (χ4v) is 3.19. The molecule has 1 aliphatic rings. The first kappa shape index (κ1) is 23.2. The number of amides is 2. The number of carbonyl (C=O) groups is 2. The van der Waals surface area contributed by atoms with Crippen LogP contribution >= 0.6 is 12.4 Å². The Morgan fingerprint density at radius 2 is 2.15 bits per heavy atom. The first-order valence-electron chi connectivity index (χ1n) is 9.55. The van der Waals surface area contributed by atoms with E-state index in [2.05, 4.69) is 5.32 Å². The quantitative estimate of drug-likeness (QED) is 0.626. The SMILES string of the molecule is Cc1cccc(OCCCCC(=O)N2CCCC(C(=O)NCCN)C2)c1.Cl. The monoisotopic (exact) mass is 397 g/mol. The van der Waals surface area contributed by atoms with Crippen molar-refractivity contribution in [2.45, 2.75) is 39.0 Å². The largest absolute Gasteiger partial charge is 0.494 e. The van der Waals surface area contributed by atoms with Gasteiger partial charge >= 0.3 is 0 Å². The van der Waals surface area contributed by atoms with Crippen molar-refractivity contribution in [3.8, 4) is 5.75 Å². The standard InChI is InChI=1S/C20H31N3O3.ClH/c1-16-6-4-8-18(14-16)26-13-3-2-9-19(24)23-12-5-7-17(15-23)20(25)22-11-10-21;/h4,6,8,14,17H,2-3,5,7,9-13,15,21H2,1H3,(H,22,25);1H. The highest BCUT2D eigenvalue weighted by Crippen LogP contribution is 2.18. The highest BCUT2D eigenvalue weighted by molar-refractivity contribution is 5.85. The number of halogens is 1. The zero-order valence-electron chi connectivity index (χ0n) is 16.1. The van der Waals surface area contributed by atoms with Crippen LogP contribution in [0.25, 0.3) is 0 Å². The summed E-state index contributed by atoms with van der Waals surface area (Å²) in [5.74, 6) is 0.916. The van der Waals surface area contributed by atoms with Crippen LogP contribution in [0.2, 0.25) is 0 Å². The number of piperidine rings is 1. The fourth-order valence-electron chi connectivity index (χ4n) is 3.19. The number of nitrogens with one attached hydrogen (secondary N) is 1. The number of ether oxygens (including phenoxy) is 1. The van der Waals surface area contributed by atoms with Gasteiger partial charge in [0.1, 0.15) is 5.75 Å².